The molecule has 0 aromatic heterocycles. The molecular weight excluding hydrogens is 300 g/mol. The number of hydrogen-bond acceptors (Lipinski definition) is 1. The molecule has 19 heavy (non-hydrogen) atoms. The summed E-state index contributed by atoms with van der Waals surface area (Å²) in [6.07, 6.45) is 8.66. The van der Waals surface area contributed by atoms with Gasteiger partial charge < -0.3 is 5.11 Å². The predicted octanol–water partition coefficient (Wildman–Crippen LogP) is 5.46. The van der Waals surface area contributed by atoms with Crippen LogP contribution in [0.2, 0.25) is 0 Å². The van der Waals surface area contributed by atoms with Gasteiger partial charge >= 0.3 is 0 Å². The fourth-order valence-corrected chi connectivity index (χ4v) is 3.64. The molecule has 0 radical (unpaired) electrons. The highest BCUT2D eigenvalue weighted by Crippen LogP contribution is 2.35. The molecule has 1 N–H and O–H groups in total. The van der Waals surface area contributed by atoms with Gasteiger partial charge in [-0.25, -0.2) is 0 Å². The lowest BCUT2D eigenvalue weighted by Crippen LogP contribution is -2.15. The summed E-state index contributed by atoms with van der Waals surface area (Å²) in [7, 11) is 0. The summed E-state index contributed by atoms with van der Waals surface area (Å²) in [5, 5.41) is 10.7. The predicted molar refractivity (Wildman–Crippen MR) is 84.4 cm³/mol. The molecule has 1 aromatic rings. The van der Waals surface area contributed by atoms with E-state index in [1.54, 1.807) is 0 Å². The van der Waals surface area contributed by atoms with E-state index in [1.807, 2.05) is 0 Å². The van der Waals surface area contributed by atoms with Gasteiger partial charge in [-0.2, -0.15) is 0 Å². The molecule has 2 rings (SSSR count). The Kier molecular flexibility index (Phi) is 5.47. The van der Waals surface area contributed by atoms with E-state index in [4.69, 9.17) is 0 Å². The fraction of sp³-hybridized carbons (Fsp3) is 0.647. The van der Waals surface area contributed by atoms with Gasteiger partial charge in [0, 0.05) is 4.47 Å². The normalized spacial score (nSPS) is 19.8. The van der Waals surface area contributed by atoms with Crippen molar-refractivity contribution in [1.29, 1.82) is 0 Å². The van der Waals surface area contributed by atoms with Crippen LogP contribution in [0.1, 0.15) is 67.7 Å². The topological polar surface area (TPSA) is 20.2 Å². The summed E-state index contributed by atoms with van der Waals surface area (Å²) < 4.78 is 1.14. The van der Waals surface area contributed by atoms with E-state index in [1.165, 1.54) is 56.1 Å². The second kappa shape index (κ2) is 6.90. The molecule has 0 saturated heterocycles. The quantitative estimate of drug-likeness (QED) is 0.765. The molecule has 1 nitrogen and oxygen atoms in total. The van der Waals surface area contributed by atoms with Crippen LogP contribution in [0, 0.1) is 19.8 Å². The zero-order valence-electron chi connectivity index (χ0n) is 12.1. The molecular formula is C17H25BrO. The minimum absolute atomic E-state index is 0.287. The zero-order valence-corrected chi connectivity index (χ0v) is 13.7. The molecule has 0 aliphatic heterocycles. The Bertz CT molecular complexity index is 420. The molecule has 106 valence electrons. The van der Waals surface area contributed by atoms with Crippen molar-refractivity contribution in [3.8, 4) is 0 Å². The average molecular weight is 325 g/mol. The molecule has 0 heterocycles. The Balaban J connectivity index is 2.17. The lowest BCUT2D eigenvalue weighted by molar-refractivity contribution is 0.0906. The maximum absolute atomic E-state index is 10.7. The summed E-state index contributed by atoms with van der Waals surface area (Å²) in [6.45, 7) is 4.20. The van der Waals surface area contributed by atoms with Gasteiger partial charge in [0.1, 0.15) is 0 Å². The monoisotopic (exact) mass is 324 g/mol. The molecule has 0 bridgehead atoms. The molecule has 1 aliphatic rings. The van der Waals surface area contributed by atoms with Crippen LogP contribution in [0.4, 0.5) is 0 Å². The number of aliphatic hydroxyl groups is 1. The van der Waals surface area contributed by atoms with Crippen LogP contribution in [0.15, 0.2) is 16.6 Å². The molecule has 1 atom stereocenters. The number of hydrogen-bond donors (Lipinski definition) is 1. The van der Waals surface area contributed by atoms with Crippen molar-refractivity contribution in [2.75, 3.05) is 0 Å². The second-order valence-corrected chi connectivity index (χ2v) is 6.86. The maximum atomic E-state index is 10.7. The lowest BCUT2D eigenvalue weighted by Gasteiger charge is -2.26. The minimum atomic E-state index is -0.287. The molecule has 0 amide bonds. The first-order chi connectivity index (χ1) is 9.09. The first kappa shape index (κ1) is 15.1. The molecule has 1 aliphatic carbocycles. The Labute approximate surface area is 125 Å². The van der Waals surface area contributed by atoms with Gasteiger partial charge in [0.25, 0.3) is 0 Å². The van der Waals surface area contributed by atoms with Crippen LogP contribution in [-0.4, -0.2) is 5.11 Å². The SMILES string of the molecule is Cc1cc(C(O)C2CCCCCCC2)c(C)cc1Br. The molecule has 2 heteroatoms. The van der Waals surface area contributed by atoms with Crippen LogP contribution in [-0.2, 0) is 0 Å². The highest BCUT2D eigenvalue weighted by atomic mass is 79.9. The van der Waals surface area contributed by atoms with Crippen LogP contribution in [0.25, 0.3) is 0 Å². The Morgan fingerprint density at radius 2 is 1.58 bits per heavy atom. The number of aryl methyl sites for hydroxylation is 2. The van der Waals surface area contributed by atoms with Crippen molar-refractivity contribution >= 4 is 15.9 Å². The van der Waals surface area contributed by atoms with E-state index < -0.39 is 0 Å². The van der Waals surface area contributed by atoms with E-state index in [0.29, 0.717) is 5.92 Å². The number of rotatable bonds is 2. The smallest absolute Gasteiger partial charge is 0.0820 e. The van der Waals surface area contributed by atoms with Crippen LogP contribution >= 0.6 is 15.9 Å². The van der Waals surface area contributed by atoms with Crippen molar-refractivity contribution in [2.45, 2.75) is 64.9 Å². The average Bonchev–Trinajstić information content (AvgIpc) is 2.32. The van der Waals surface area contributed by atoms with E-state index in [2.05, 4.69) is 41.9 Å². The highest BCUT2D eigenvalue weighted by molar-refractivity contribution is 9.10. The summed E-state index contributed by atoms with van der Waals surface area (Å²) in [5.74, 6) is 0.444. The molecule has 1 saturated carbocycles. The van der Waals surface area contributed by atoms with E-state index >= 15 is 0 Å². The van der Waals surface area contributed by atoms with Crippen molar-refractivity contribution in [3.63, 3.8) is 0 Å². The van der Waals surface area contributed by atoms with E-state index in [9.17, 15) is 5.11 Å². The Hall–Kier alpha value is -0.340. The first-order valence-corrected chi connectivity index (χ1v) is 8.33. The largest absolute Gasteiger partial charge is 0.388 e. The Morgan fingerprint density at radius 1 is 1.00 bits per heavy atom. The van der Waals surface area contributed by atoms with Gasteiger partial charge in [-0.3, -0.25) is 0 Å². The molecule has 1 aromatic carbocycles. The first-order valence-electron chi connectivity index (χ1n) is 7.54. The van der Waals surface area contributed by atoms with Crippen molar-refractivity contribution < 1.29 is 5.11 Å². The zero-order chi connectivity index (χ0) is 13.8. The van der Waals surface area contributed by atoms with Crippen LogP contribution in [0.3, 0.4) is 0 Å². The van der Waals surface area contributed by atoms with Gasteiger partial charge in [0.05, 0.1) is 6.10 Å². The van der Waals surface area contributed by atoms with Gasteiger partial charge in [0.2, 0.25) is 0 Å². The minimum Gasteiger partial charge on any atom is -0.388 e. The Morgan fingerprint density at radius 3 is 2.21 bits per heavy atom. The highest BCUT2D eigenvalue weighted by Gasteiger charge is 2.23. The summed E-state index contributed by atoms with van der Waals surface area (Å²) >= 11 is 3.57. The third-order valence-corrected chi connectivity index (χ3v) is 5.32. The van der Waals surface area contributed by atoms with Gasteiger partial charge in [-0.1, -0.05) is 54.1 Å². The molecule has 1 fully saturated rings. The van der Waals surface area contributed by atoms with Gasteiger partial charge in [-0.05, 0) is 55.4 Å². The second-order valence-electron chi connectivity index (χ2n) is 6.01. The third kappa shape index (κ3) is 3.82. The molecule has 1 unspecified atom stereocenters. The van der Waals surface area contributed by atoms with Crippen molar-refractivity contribution in [3.05, 3.63) is 33.3 Å². The van der Waals surface area contributed by atoms with Crippen LogP contribution in [0.5, 0.6) is 0 Å². The van der Waals surface area contributed by atoms with Crippen molar-refractivity contribution in [1.82, 2.24) is 0 Å². The van der Waals surface area contributed by atoms with Crippen LogP contribution < -0.4 is 0 Å². The summed E-state index contributed by atoms with van der Waals surface area (Å²) in [4.78, 5) is 0. The maximum Gasteiger partial charge on any atom is 0.0820 e. The van der Waals surface area contributed by atoms with E-state index in [-0.39, 0.29) is 6.10 Å². The van der Waals surface area contributed by atoms with Gasteiger partial charge in [-0.15, -0.1) is 0 Å². The lowest BCUT2D eigenvalue weighted by atomic mass is 9.83. The number of aliphatic hydroxyl groups excluding tert-OH is 1. The summed E-state index contributed by atoms with van der Waals surface area (Å²) in [5.41, 5.74) is 3.55. The molecule has 0 spiro atoms. The number of benzene rings is 1. The van der Waals surface area contributed by atoms with E-state index in [0.717, 1.165) is 10.0 Å². The van der Waals surface area contributed by atoms with Gasteiger partial charge in [0.15, 0.2) is 0 Å². The fourth-order valence-electron chi connectivity index (χ4n) is 3.18. The summed E-state index contributed by atoms with van der Waals surface area (Å²) in [6, 6.07) is 4.29. The number of halogens is 1. The van der Waals surface area contributed by atoms with Crippen molar-refractivity contribution in [2.24, 2.45) is 5.92 Å². The standard InChI is InChI=1S/C17H25BrO/c1-12-11-16(18)13(2)10-15(12)17(19)14-8-6-4-3-5-7-9-14/h10-11,14,17,19H,3-9H2,1-2H3. The third-order valence-electron chi connectivity index (χ3n) is 4.46.